The molecule has 1 aromatic carbocycles. The number of benzene rings is 1. The number of hydrogen-bond acceptors (Lipinski definition) is 3. The van der Waals surface area contributed by atoms with E-state index >= 15 is 0 Å². The summed E-state index contributed by atoms with van der Waals surface area (Å²) >= 11 is 0. The van der Waals surface area contributed by atoms with Crippen LogP contribution in [0.4, 0.5) is 0 Å². The molecule has 0 spiro atoms. The molecule has 0 heterocycles. The fourth-order valence-electron chi connectivity index (χ4n) is 0.985. The molecule has 0 aliphatic rings. The van der Waals surface area contributed by atoms with Gasteiger partial charge in [0.25, 0.3) is 0 Å². The Bertz CT molecular complexity index is 225. The van der Waals surface area contributed by atoms with Crippen LogP contribution in [0.15, 0.2) is 30.3 Å². The van der Waals surface area contributed by atoms with Gasteiger partial charge in [-0.3, -0.25) is 0 Å². The second-order valence-corrected chi connectivity index (χ2v) is 3.44. The maximum absolute atomic E-state index is 8.66. The predicted octanol–water partition coefficient (Wildman–Crippen LogP) is 0.466. The van der Waals surface area contributed by atoms with Gasteiger partial charge in [0.15, 0.2) is 0 Å². The Morgan fingerprint density at radius 1 is 1.25 bits per heavy atom. The molecule has 1 atom stereocenters. The van der Waals surface area contributed by atoms with Crippen molar-refractivity contribution in [1.82, 2.24) is 0 Å². The van der Waals surface area contributed by atoms with Gasteiger partial charge in [-0.05, 0) is 12.5 Å². The highest BCUT2D eigenvalue weighted by molar-refractivity contribution is 6.32. The van der Waals surface area contributed by atoms with E-state index in [1.807, 2.05) is 30.3 Å². The third kappa shape index (κ3) is 2.75. The van der Waals surface area contributed by atoms with E-state index in [4.69, 9.17) is 14.0 Å². The molecule has 4 heteroatoms. The van der Waals surface area contributed by atoms with Crippen LogP contribution < -0.4 is 0 Å². The fraction of sp³-hybridized carbons (Fsp3) is 0.250. The number of hydrogen-bond donors (Lipinski definition) is 2. The van der Waals surface area contributed by atoms with Gasteiger partial charge in [0.2, 0.25) is 0 Å². The molecule has 0 aromatic heterocycles. The molecule has 0 amide bonds. The first-order chi connectivity index (χ1) is 5.70. The zero-order valence-electron chi connectivity index (χ0n) is 6.84. The van der Waals surface area contributed by atoms with E-state index < -0.39 is 9.53 Å². The lowest BCUT2D eigenvalue weighted by Gasteiger charge is -2.13. The van der Waals surface area contributed by atoms with Crippen molar-refractivity contribution in [3.05, 3.63) is 35.9 Å². The van der Waals surface area contributed by atoms with E-state index in [0.717, 1.165) is 5.56 Å². The zero-order valence-corrected chi connectivity index (χ0v) is 8.00. The van der Waals surface area contributed by atoms with Crippen LogP contribution in [-0.2, 0) is 4.43 Å². The van der Waals surface area contributed by atoms with Crippen molar-refractivity contribution in [2.24, 2.45) is 0 Å². The molecule has 0 radical (unpaired) electrons. The van der Waals surface area contributed by atoms with Crippen LogP contribution in [0.25, 0.3) is 0 Å². The summed E-state index contributed by atoms with van der Waals surface area (Å²) in [5.74, 6) is 0. The van der Waals surface area contributed by atoms with Crippen LogP contribution >= 0.6 is 0 Å². The van der Waals surface area contributed by atoms with E-state index in [1.165, 1.54) is 0 Å². The van der Waals surface area contributed by atoms with Crippen LogP contribution in [-0.4, -0.2) is 19.1 Å². The molecular weight excluding hydrogens is 172 g/mol. The maximum atomic E-state index is 8.66. The van der Waals surface area contributed by atoms with Crippen molar-refractivity contribution in [1.29, 1.82) is 0 Å². The maximum Gasteiger partial charge on any atom is 0.479 e. The van der Waals surface area contributed by atoms with Crippen molar-refractivity contribution in [2.75, 3.05) is 0 Å². The van der Waals surface area contributed by atoms with Gasteiger partial charge in [-0.25, -0.2) is 0 Å². The first-order valence-corrected chi connectivity index (χ1v) is 5.27. The molecule has 0 aliphatic carbocycles. The summed E-state index contributed by atoms with van der Waals surface area (Å²) in [6.45, 7) is 1.79. The Balaban J connectivity index is 2.59. The molecule has 0 bridgehead atoms. The molecule has 0 saturated heterocycles. The van der Waals surface area contributed by atoms with E-state index in [2.05, 4.69) is 0 Å². The zero-order chi connectivity index (χ0) is 8.97. The van der Waals surface area contributed by atoms with Gasteiger partial charge >= 0.3 is 9.53 Å². The smallest absolute Gasteiger partial charge is 0.392 e. The first-order valence-electron chi connectivity index (χ1n) is 3.76. The van der Waals surface area contributed by atoms with Crippen molar-refractivity contribution < 1.29 is 14.0 Å². The third-order valence-corrected chi connectivity index (χ3v) is 2.25. The van der Waals surface area contributed by atoms with Gasteiger partial charge in [-0.1, -0.05) is 30.3 Å². The Morgan fingerprint density at radius 2 is 1.83 bits per heavy atom. The Labute approximate surface area is 73.2 Å². The van der Waals surface area contributed by atoms with Crippen molar-refractivity contribution in [3.63, 3.8) is 0 Å². The Kier molecular flexibility index (Phi) is 3.42. The van der Waals surface area contributed by atoms with E-state index in [-0.39, 0.29) is 6.10 Å². The molecule has 3 nitrogen and oxygen atoms in total. The number of rotatable bonds is 3. The van der Waals surface area contributed by atoms with Gasteiger partial charge in [0.1, 0.15) is 0 Å². The van der Waals surface area contributed by atoms with Crippen LogP contribution in [0.3, 0.4) is 0 Å². The summed E-state index contributed by atoms with van der Waals surface area (Å²) in [5.41, 5.74) is 0.957. The minimum atomic E-state index is -2.90. The third-order valence-electron chi connectivity index (χ3n) is 1.59. The topological polar surface area (TPSA) is 49.7 Å². The summed E-state index contributed by atoms with van der Waals surface area (Å²) in [5, 5.41) is 0. The summed E-state index contributed by atoms with van der Waals surface area (Å²) < 4.78 is 4.89. The molecule has 1 aromatic rings. The van der Waals surface area contributed by atoms with Crippen molar-refractivity contribution in [2.45, 2.75) is 13.0 Å². The van der Waals surface area contributed by atoms with Crippen LogP contribution in [0.5, 0.6) is 0 Å². The summed E-state index contributed by atoms with van der Waals surface area (Å²) in [4.78, 5) is 17.3. The van der Waals surface area contributed by atoms with Gasteiger partial charge < -0.3 is 14.0 Å². The van der Waals surface area contributed by atoms with Gasteiger partial charge in [0, 0.05) is 0 Å². The molecule has 0 fully saturated rings. The Hall–Kier alpha value is -0.683. The van der Waals surface area contributed by atoms with Crippen LogP contribution in [0.2, 0.25) is 0 Å². The first kappa shape index (κ1) is 9.41. The second-order valence-electron chi connectivity index (χ2n) is 2.52. The van der Waals surface area contributed by atoms with Gasteiger partial charge in [-0.2, -0.15) is 0 Å². The van der Waals surface area contributed by atoms with E-state index in [1.54, 1.807) is 6.92 Å². The lowest BCUT2D eigenvalue weighted by molar-refractivity contribution is 0.131. The van der Waals surface area contributed by atoms with Crippen LogP contribution in [0.1, 0.15) is 18.6 Å². The minimum absolute atomic E-state index is 0.238. The average molecular weight is 184 g/mol. The molecule has 0 saturated carbocycles. The highest BCUT2D eigenvalue weighted by Crippen LogP contribution is 2.15. The molecular formula is C8H12O3Si. The highest BCUT2D eigenvalue weighted by atomic mass is 28.3. The largest absolute Gasteiger partial charge is 0.479 e. The minimum Gasteiger partial charge on any atom is -0.392 e. The van der Waals surface area contributed by atoms with Crippen molar-refractivity contribution in [3.8, 4) is 0 Å². The second kappa shape index (κ2) is 4.37. The summed E-state index contributed by atoms with van der Waals surface area (Å²) in [6.07, 6.45) is -0.238. The molecule has 1 rings (SSSR count). The molecule has 66 valence electrons. The Morgan fingerprint density at radius 3 is 2.33 bits per heavy atom. The van der Waals surface area contributed by atoms with Crippen molar-refractivity contribution >= 4 is 9.53 Å². The normalized spacial score (nSPS) is 13.3. The predicted molar refractivity (Wildman–Crippen MR) is 47.5 cm³/mol. The SMILES string of the molecule is CC(O[SiH](O)O)c1ccccc1. The molecule has 12 heavy (non-hydrogen) atoms. The lowest BCUT2D eigenvalue weighted by Crippen LogP contribution is -2.19. The van der Waals surface area contributed by atoms with Crippen LogP contribution in [0, 0.1) is 0 Å². The quantitative estimate of drug-likeness (QED) is 0.671. The molecule has 0 aliphatic heterocycles. The lowest BCUT2D eigenvalue weighted by atomic mass is 10.1. The fourth-order valence-corrected chi connectivity index (χ4v) is 1.51. The molecule has 1 unspecified atom stereocenters. The van der Waals surface area contributed by atoms with Gasteiger partial charge in [-0.15, -0.1) is 0 Å². The standard InChI is InChI=1S/C8H12O3Si/c1-7(11-12(9)10)8-5-3-2-4-6-8/h2-7,9-10,12H,1H3. The highest BCUT2D eigenvalue weighted by Gasteiger charge is 2.10. The molecule has 2 N–H and O–H groups in total. The van der Waals surface area contributed by atoms with Gasteiger partial charge in [0.05, 0.1) is 6.10 Å². The monoisotopic (exact) mass is 184 g/mol. The summed E-state index contributed by atoms with van der Waals surface area (Å²) in [6, 6.07) is 9.47. The van der Waals surface area contributed by atoms with E-state index in [0.29, 0.717) is 0 Å². The van der Waals surface area contributed by atoms with E-state index in [9.17, 15) is 0 Å². The summed E-state index contributed by atoms with van der Waals surface area (Å²) in [7, 11) is -2.90. The average Bonchev–Trinajstić information content (AvgIpc) is 2.05.